The van der Waals surface area contributed by atoms with Gasteiger partial charge < -0.3 is 9.64 Å². The van der Waals surface area contributed by atoms with Crippen LogP contribution in [0.2, 0.25) is 5.02 Å². The minimum absolute atomic E-state index is 0.121. The predicted octanol–water partition coefficient (Wildman–Crippen LogP) is 2.66. The highest BCUT2D eigenvalue weighted by atomic mass is 35.5. The first kappa shape index (κ1) is 25.6. The van der Waals surface area contributed by atoms with Crippen molar-refractivity contribution in [2.24, 2.45) is 10.5 Å². The van der Waals surface area contributed by atoms with E-state index in [9.17, 15) is 14.4 Å². The first-order valence-electron chi connectivity index (χ1n) is 10.3. The first-order valence-corrected chi connectivity index (χ1v) is 10.7. The number of rotatable bonds is 8. The number of hydrazone groups is 1. The summed E-state index contributed by atoms with van der Waals surface area (Å²) in [6.07, 6.45) is 0.891. The third kappa shape index (κ3) is 7.49. The number of nitrogens with one attached hydrogen (secondary N) is 2. The number of amides is 3. The van der Waals surface area contributed by atoms with Crippen LogP contribution in [0.25, 0.3) is 0 Å². The van der Waals surface area contributed by atoms with Gasteiger partial charge in [0.25, 0.3) is 11.8 Å². The van der Waals surface area contributed by atoms with E-state index in [1.165, 1.54) is 4.90 Å². The number of hydroxylamine groups is 1. The van der Waals surface area contributed by atoms with Crippen LogP contribution in [-0.4, -0.2) is 54.1 Å². The summed E-state index contributed by atoms with van der Waals surface area (Å²) < 4.78 is 5.59. The molecule has 1 aliphatic rings. The van der Waals surface area contributed by atoms with Gasteiger partial charge in [-0.3, -0.25) is 19.2 Å². The largest absolute Gasteiger partial charge is 0.482 e. The maximum atomic E-state index is 12.5. The number of benzene rings is 1. The fourth-order valence-electron chi connectivity index (χ4n) is 2.82. The molecule has 0 aromatic heterocycles. The summed E-state index contributed by atoms with van der Waals surface area (Å²) in [4.78, 5) is 42.9. The van der Waals surface area contributed by atoms with Gasteiger partial charge in [-0.05, 0) is 58.4 Å². The van der Waals surface area contributed by atoms with Crippen molar-refractivity contribution in [3.63, 3.8) is 0 Å². The van der Waals surface area contributed by atoms with E-state index in [-0.39, 0.29) is 30.9 Å². The number of carbonyl (C=O) groups excluding carboxylic acids is 3. The number of halogens is 1. The molecule has 176 valence electrons. The Balaban J connectivity index is 1.91. The maximum Gasteiger partial charge on any atom is 0.260 e. The van der Waals surface area contributed by atoms with Gasteiger partial charge in [0.1, 0.15) is 5.75 Å². The van der Waals surface area contributed by atoms with Gasteiger partial charge >= 0.3 is 0 Å². The van der Waals surface area contributed by atoms with E-state index in [1.54, 1.807) is 39.1 Å². The molecule has 1 heterocycles. The minimum atomic E-state index is -0.870. The Bertz CT molecular complexity index is 908. The molecule has 0 bridgehead atoms. The Labute approximate surface area is 193 Å². The first-order chi connectivity index (χ1) is 14.8. The standard InChI is InChI=1S/C22H31ClN4O5/c1-21(2,3)32-26-20(30)22(4,5)13-27(6)19(29)12-31-17-9-7-14(11-15(17)23)16-8-10-18(28)25-24-16/h7,9,11H,8,10,12-13H2,1-6H3,(H,25,28)(H,26,30). The van der Waals surface area contributed by atoms with Crippen LogP contribution in [-0.2, 0) is 19.2 Å². The van der Waals surface area contributed by atoms with Crippen LogP contribution in [0.1, 0.15) is 53.0 Å². The van der Waals surface area contributed by atoms with Crippen molar-refractivity contribution >= 4 is 35.0 Å². The molecule has 2 N–H and O–H groups in total. The van der Waals surface area contributed by atoms with Crippen LogP contribution in [0.5, 0.6) is 5.75 Å². The molecule has 3 amide bonds. The van der Waals surface area contributed by atoms with Crippen LogP contribution >= 0.6 is 11.6 Å². The van der Waals surface area contributed by atoms with Crippen LogP contribution in [0.3, 0.4) is 0 Å². The molecule has 0 radical (unpaired) electrons. The van der Waals surface area contributed by atoms with Crippen molar-refractivity contribution in [2.45, 2.75) is 53.1 Å². The van der Waals surface area contributed by atoms with E-state index in [0.29, 0.717) is 23.6 Å². The van der Waals surface area contributed by atoms with Crippen LogP contribution < -0.4 is 15.6 Å². The average molecular weight is 467 g/mol. The fourth-order valence-corrected chi connectivity index (χ4v) is 3.06. The van der Waals surface area contributed by atoms with Gasteiger partial charge in [-0.15, -0.1) is 0 Å². The molecule has 2 rings (SSSR count). The summed E-state index contributed by atoms with van der Waals surface area (Å²) in [6, 6.07) is 5.11. The van der Waals surface area contributed by atoms with E-state index < -0.39 is 11.0 Å². The van der Waals surface area contributed by atoms with E-state index in [4.69, 9.17) is 21.2 Å². The van der Waals surface area contributed by atoms with Crippen LogP contribution in [0.15, 0.2) is 23.3 Å². The minimum Gasteiger partial charge on any atom is -0.482 e. The highest BCUT2D eigenvalue weighted by Crippen LogP contribution is 2.27. The molecule has 0 spiro atoms. The molecular formula is C22H31ClN4O5. The lowest BCUT2D eigenvalue weighted by Gasteiger charge is -2.30. The number of likely N-dealkylation sites (N-methyl/N-ethyl adjacent to an activating group) is 1. The van der Waals surface area contributed by atoms with Crippen molar-refractivity contribution in [2.75, 3.05) is 20.2 Å². The summed E-state index contributed by atoms with van der Waals surface area (Å²) in [6.45, 7) is 8.87. The van der Waals surface area contributed by atoms with Crippen LogP contribution in [0.4, 0.5) is 0 Å². The second-order valence-corrected chi connectivity index (χ2v) is 9.71. The molecule has 0 fully saturated rings. The quantitative estimate of drug-likeness (QED) is 0.572. The van der Waals surface area contributed by atoms with Crippen LogP contribution in [0, 0.1) is 5.41 Å². The molecule has 32 heavy (non-hydrogen) atoms. The number of ether oxygens (including phenoxy) is 1. The monoisotopic (exact) mass is 466 g/mol. The summed E-state index contributed by atoms with van der Waals surface area (Å²) in [5.41, 5.74) is 5.01. The molecule has 0 atom stereocenters. The summed E-state index contributed by atoms with van der Waals surface area (Å²) in [7, 11) is 1.60. The Morgan fingerprint density at radius 1 is 1.22 bits per heavy atom. The summed E-state index contributed by atoms with van der Waals surface area (Å²) in [5.74, 6) is -0.395. The van der Waals surface area contributed by atoms with Gasteiger partial charge in [0.2, 0.25) is 5.91 Å². The van der Waals surface area contributed by atoms with Gasteiger partial charge in [-0.2, -0.15) is 5.10 Å². The lowest BCUT2D eigenvalue weighted by molar-refractivity contribution is -0.156. The predicted molar refractivity (Wildman–Crippen MR) is 121 cm³/mol. The summed E-state index contributed by atoms with van der Waals surface area (Å²) >= 11 is 6.30. The van der Waals surface area contributed by atoms with Crippen molar-refractivity contribution < 1.29 is 24.0 Å². The smallest absolute Gasteiger partial charge is 0.260 e. The highest BCUT2D eigenvalue weighted by Gasteiger charge is 2.32. The van der Waals surface area contributed by atoms with E-state index in [1.807, 2.05) is 20.8 Å². The Morgan fingerprint density at radius 2 is 1.91 bits per heavy atom. The van der Waals surface area contributed by atoms with Crippen molar-refractivity contribution in [3.8, 4) is 5.75 Å². The summed E-state index contributed by atoms with van der Waals surface area (Å²) in [5, 5.41) is 4.37. The van der Waals surface area contributed by atoms with E-state index >= 15 is 0 Å². The second kappa shape index (κ2) is 10.3. The zero-order valence-electron chi connectivity index (χ0n) is 19.4. The number of hydrogen-bond donors (Lipinski definition) is 2. The zero-order valence-corrected chi connectivity index (χ0v) is 20.1. The average Bonchev–Trinajstić information content (AvgIpc) is 2.70. The number of nitrogens with zero attached hydrogens (tertiary/aromatic N) is 2. The number of hydrogen-bond acceptors (Lipinski definition) is 6. The van der Waals surface area contributed by atoms with E-state index in [0.717, 1.165) is 11.3 Å². The van der Waals surface area contributed by atoms with Crippen molar-refractivity contribution in [3.05, 3.63) is 28.8 Å². The molecule has 10 heteroatoms. The molecule has 1 aromatic rings. The molecule has 0 aliphatic carbocycles. The molecule has 1 aromatic carbocycles. The van der Waals surface area contributed by atoms with Crippen molar-refractivity contribution in [1.29, 1.82) is 0 Å². The Kier molecular flexibility index (Phi) is 8.25. The second-order valence-electron chi connectivity index (χ2n) is 9.31. The van der Waals surface area contributed by atoms with Gasteiger partial charge in [0.05, 0.1) is 21.8 Å². The van der Waals surface area contributed by atoms with Gasteiger partial charge in [-0.25, -0.2) is 10.9 Å². The van der Waals surface area contributed by atoms with Gasteiger partial charge in [0, 0.05) is 26.4 Å². The SMILES string of the molecule is CN(CC(C)(C)C(=O)NOC(C)(C)C)C(=O)COc1ccc(C2=NNC(=O)CC2)cc1Cl. The van der Waals surface area contributed by atoms with Gasteiger partial charge in [-0.1, -0.05) is 11.6 Å². The molecule has 0 saturated carbocycles. The topological polar surface area (TPSA) is 109 Å². The molecule has 1 aliphatic heterocycles. The fraction of sp³-hybridized carbons (Fsp3) is 0.545. The normalized spacial score (nSPS) is 14.3. The molecule has 0 unspecified atom stereocenters. The highest BCUT2D eigenvalue weighted by molar-refractivity contribution is 6.32. The molecule has 9 nitrogen and oxygen atoms in total. The third-order valence-electron chi connectivity index (χ3n) is 4.64. The lowest BCUT2D eigenvalue weighted by Crippen LogP contribution is -2.48. The van der Waals surface area contributed by atoms with Gasteiger partial charge in [0.15, 0.2) is 6.61 Å². The maximum absolute atomic E-state index is 12.5. The third-order valence-corrected chi connectivity index (χ3v) is 4.94. The van der Waals surface area contributed by atoms with E-state index in [2.05, 4.69) is 16.0 Å². The number of carbonyl (C=O) groups is 3. The Morgan fingerprint density at radius 3 is 2.47 bits per heavy atom. The lowest BCUT2D eigenvalue weighted by atomic mass is 9.92. The zero-order chi connectivity index (χ0) is 24.1. The Hall–Kier alpha value is -2.65. The molecule has 0 saturated heterocycles. The molecular weight excluding hydrogens is 436 g/mol. The van der Waals surface area contributed by atoms with Crippen molar-refractivity contribution in [1.82, 2.24) is 15.8 Å².